The molecule has 0 saturated heterocycles. The molecular formula is C7H6ClNO. The van der Waals surface area contributed by atoms with Crippen molar-refractivity contribution in [2.75, 3.05) is 0 Å². The maximum absolute atomic E-state index is 9.82. The Morgan fingerprint density at radius 1 is 1.40 bits per heavy atom. The molecule has 0 atom stereocenters. The molecule has 3 heteroatoms. The third-order valence-electron chi connectivity index (χ3n) is 1.19. The van der Waals surface area contributed by atoms with Gasteiger partial charge in [-0.2, -0.15) is 4.91 Å². The lowest BCUT2D eigenvalue weighted by atomic mass is 10.2. The Kier molecular flexibility index (Phi) is 2.40. The Morgan fingerprint density at radius 2 is 2.10 bits per heavy atom. The van der Waals surface area contributed by atoms with Crippen molar-refractivity contribution in [1.82, 2.24) is 0 Å². The molecule has 0 spiro atoms. The minimum absolute atomic E-state index is 0.152. The molecule has 0 aliphatic heterocycles. The summed E-state index contributed by atoms with van der Waals surface area (Å²) in [5.74, 6) is 0. The molecule has 0 amide bonds. The van der Waals surface area contributed by atoms with E-state index in [2.05, 4.69) is 5.18 Å². The zero-order valence-corrected chi connectivity index (χ0v) is 6.01. The van der Waals surface area contributed by atoms with Crippen molar-refractivity contribution in [2.24, 2.45) is 5.18 Å². The predicted octanol–water partition coefficient (Wildman–Crippen LogP) is 2.61. The second-order valence-electron chi connectivity index (χ2n) is 1.88. The van der Waals surface area contributed by atoms with Crippen LogP contribution in [0.3, 0.4) is 0 Å². The molecule has 52 valence electrons. The van der Waals surface area contributed by atoms with Crippen LogP contribution in [-0.4, -0.2) is 0 Å². The fourth-order valence-corrected chi connectivity index (χ4v) is 0.892. The third kappa shape index (κ3) is 1.54. The van der Waals surface area contributed by atoms with E-state index in [0.717, 1.165) is 5.56 Å². The highest BCUT2D eigenvalue weighted by Crippen LogP contribution is 2.14. The number of hydrogen-bond donors (Lipinski definition) is 0. The molecule has 0 bridgehead atoms. The van der Waals surface area contributed by atoms with Crippen molar-refractivity contribution in [2.45, 2.75) is 6.54 Å². The van der Waals surface area contributed by atoms with Crippen LogP contribution in [-0.2, 0) is 6.54 Å². The molecule has 1 rings (SSSR count). The summed E-state index contributed by atoms with van der Waals surface area (Å²) < 4.78 is 0. The van der Waals surface area contributed by atoms with E-state index in [4.69, 9.17) is 11.6 Å². The molecule has 1 aromatic carbocycles. The van der Waals surface area contributed by atoms with Gasteiger partial charge in [-0.25, -0.2) is 0 Å². The molecule has 0 aliphatic carbocycles. The van der Waals surface area contributed by atoms with Gasteiger partial charge in [0.15, 0.2) is 0 Å². The lowest BCUT2D eigenvalue weighted by Gasteiger charge is -1.94. The maximum atomic E-state index is 9.82. The van der Waals surface area contributed by atoms with Crippen molar-refractivity contribution in [3.05, 3.63) is 39.8 Å². The van der Waals surface area contributed by atoms with Gasteiger partial charge in [0, 0.05) is 5.02 Å². The molecule has 0 aromatic heterocycles. The van der Waals surface area contributed by atoms with Crippen LogP contribution < -0.4 is 0 Å². The van der Waals surface area contributed by atoms with E-state index < -0.39 is 0 Å². The monoisotopic (exact) mass is 155 g/mol. The van der Waals surface area contributed by atoms with Gasteiger partial charge in [0.2, 0.25) is 0 Å². The van der Waals surface area contributed by atoms with Crippen molar-refractivity contribution in [1.29, 1.82) is 0 Å². The molecule has 0 radical (unpaired) electrons. The lowest BCUT2D eigenvalue weighted by molar-refractivity contribution is 1.06. The van der Waals surface area contributed by atoms with Crippen LogP contribution in [0.1, 0.15) is 5.56 Å². The Labute approximate surface area is 63.8 Å². The summed E-state index contributed by atoms with van der Waals surface area (Å²) in [6, 6.07) is 7.16. The van der Waals surface area contributed by atoms with E-state index in [9.17, 15) is 4.91 Å². The molecule has 0 unspecified atom stereocenters. The highest BCUT2D eigenvalue weighted by molar-refractivity contribution is 6.31. The maximum Gasteiger partial charge on any atom is 0.108 e. The first-order chi connectivity index (χ1) is 4.84. The van der Waals surface area contributed by atoms with E-state index in [1.165, 1.54) is 0 Å². The smallest absolute Gasteiger partial charge is 0.108 e. The fraction of sp³-hybridized carbons (Fsp3) is 0.143. The minimum Gasteiger partial charge on any atom is -0.150 e. The van der Waals surface area contributed by atoms with Gasteiger partial charge >= 0.3 is 0 Å². The largest absolute Gasteiger partial charge is 0.150 e. The predicted molar refractivity (Wildman–Crippen MR) is 41.0 cm³/mol. The summed E-state index contributed by atoms with van der Waals surface area (Å²) in [6.45, 7) is 0.152. The molecule has 0 N–H and O–H groups in total. The first kappa shape index (κ1) is 7.22. The zero-order chi connectivity index (χ0) is 7.40. The highest BCUT2D eigenvalue weighted by atomic mass is 35.5. The molecular weight excluding hydrogens is 150 g/mol. The number of benzene rings is 1. The normalized spacial score (nSPS) is 9.30. The van der Waals surface area contributed by atoms with Crippen LogP contribution in [0.25, 0.3) is 0 Å². The minimum atomic E-state index is 0.152. The van der Waals surface area contributed by atoms with Gasteiger partial charge in [-0.05, 0) is 11.6 Å². The molecule has 1 aromatic rings. The summed E-state index contributed by atoms with van der Waals surface area (Å²) in [4.78, 5) is 9.82. The first-order valence-corrected chi connectivity index (χ1v) is 3.25. The average molecular weight is 156 g/mol. The number of rotatable bonds is 2. The second kappa shape index (κ2) is 3.32. The number of nitroso groups, excluding NO2 is 1. The molecule has 0 saturated carbocycles. The SMILES string of the molecule is O=NCc1ccccc1Cl. The van der Waals surface area contributed by atoms with Crippen LogP contribution >= 0.6 is 11.6 Å². The first-order valence-electron chi connectivity index (χ1n) is 2.87. The Morgan fingerprint density at radius 3 is 2.70 bits per heavy atom. The fourth-order valence-electron chi connectivity index (χ4n) is 0.696. The van der Waals surface area contributed by atoms with E-state index in [1.807, 2.05) is 12.1 Å². The topological polar surface area (TPSA) is 29.4 Å². The van der Waals surface area contributed by atoms with E-state index in [-0.39, 0.29) is 6.54 Å². The Balaban J connectivity index is 2.91. The molecule has 0 aliphatic rings. The van der Waals surface area contributed by atoms with Gasteiger partial charge in [0.25, 0.3) is 0 Å². The van der Waals surface area contributed by atoms with Crippen LogP contribution in [0.2, 0.25) is 5.02 Å². The van der Waals surface area contributed by atoms with Gasteiger partial charge in [-0.3, -0.25) is 0 Å². The van der Waals surface area contributed by atoms with Crippen molar-refractivity contribution in [3.8, 4) is 0 Å². The van der Waals surface area contributed by atoms with Gasteiger partial charge < -0.3 is 0 Å². The van der Waals surface area contributed by atoms with Gasteiger partial charge in [0.1, 0.15) is 6.54 Å². The summed E-state index contributed by atoms with van der Waals surface area (Å²) in [5.41, 5.74) is 0.777. The second-order valence-corrected chi connectivity index (χ2v) is 2.29. The van der Waals surface area contributed by atoms with Crippen LogP contribution in [0.5, 0.6) is 0 Å². The van der Waals surface area contributed by atoms with E-state index in [1.54, 1.807) is 12.1 Å². The van der Waals surface area contributed by atoms with Crippen LogP contribution in [0.15, 0.2) is 29.4 Å². The summed E-state index contributed by atoms with van der Waals surface area (Å²) >= 11 is 5.70. The molecule has 10 heavy (non-hydrogen) atoms. The number of halogens is 1. The van der Waals surface area contributed by atoms with Gasteiger partial charge in [0.05, 0.1) is 0 Å². The van der Waals surface area contributed by atoms with Crippen LogP contribution in [0, 0.1) is 4.91 Å². The molecule has 0 heterocycles. The van der Waals surface area contributed by atoms with Crippen molar-refractivity contribution >= 4 is 11.6 Å². The standard InChI is InChI=1S/C7H6ClNO/c8-7-4-2-1-3-6(7)5-9-10/h1-4H,5H2. The van der Waals surface area contributed by atoms with E-state index >= 15 is 0 Å². The average Bonchev–Trinajstić information content (AvgIpc) is 1.94. The van der Waals surface area contributed by atoms with E-state index in [0.29, 0.717) is 5.02 Å². The lowest BCUT2D eigenvalue weighted by Crippen LogP contribution is -1.79. The summed E-state index contributed by atoms with van der Waals surface area (Å²) in [7, 11) is 0. The summed E-state index contributed by atoms with van der Waals surface area (Å²) in [5, 5.41) is 3.33. The third-order valence-corrected chi connectivity index (χ3v) is 1.56. The van der Waals surface area contributed by atoms with Crippen molar-refractivity contribution in [3.63, 3.8) is 0 Å². The quantitative estimate of drug-likeness (QED) is 0.604. The van der Waals surface area contributed by atoms with Gasteiger partial charge in [-0.1, -0.05) is 35.0 Å². The number of nitrogens with zero attached hydrogens (tertiary/aromatic N) is 1. The van der Waals surface area contributed by atoms with Crippen LogP contribution in [0.4, 0.5) is 0 Å². The molecule has 2 nitrogen and oxygen atoms in total. The molecule has 0 fully saturated rings. The Hall–Kier alpha value is -0.890. The number of hydrogen-bond acceptors (Lipinski definition) is 2. The summed E-state index contributed by atoms with van der Waals surface area (Å²) in [6.07, 6.45) is 0. The zero-order valence-electron chi connectivity index (χ0n) is 5.25. The highest BCUT2D eigenvalue weighted by Gasteiger charge is 1.95. The van der Waals surface area contributed by atoms with Crippen molar-refractivity contribution < 1.29 is 0 Å². The van der Waals surface area contributed by atoms with Gasteiger partial charge in [-0.15, -0.1) is 0 Å². The Bertz CT molecular complexity index is 237.